The SMILES string of the molecule is CC.c1cc[nH]c1.c1ccsc1. The van der Waals surface area contributed by atoms with Crippen LogP contribution in [0.25, 0.3) is 0 Å². The number of hydrogen-bond donors (Lipinski definition) is 1. The van der Waals surface area contributed by atoms with Gasteiger partial charge < -0.3 is 4.98 Å². The smallest absolute Gasteiger partial charge is 0.000496 e. The van der Waals surface area contributed by atoms with Gasteiger partial charge in [-0.05, 0) is 22.9 Å². The van der Waals surface area contributed by atoms with Gasteiger partial charge in [0.05, 0.1) is 0 Å². The van der Waals surface area contributed by atoms with Gasteiger partial charge in [-0.15, -0.1) is 0 Å². The Bertz CT molecular complexity index is 149. The van der Waals surface area contributed by atoms with Gasteiger partial charge in [-0.3, -0.25) is 0 Å². The van der Waals surface area contributed by atoms with Crippen molar-refractivity contribution in [3.05, 3.63) is 47.4 Å². The molecule has 1 nitrogen and oxygen atoms in total. The van der Waals surface area contributed by atoms with Gasteiger partial charge in [-0.25, -0.2) is 0 Å². The van der Waals surface area contributed by atoms with Crippen molar-refractivity contribution in [2.45, 2.75) is 13.8 Å². The van der Waals surface area contributed by atoms with E-state index >= 15 is 0 Å². The van der Waals surface area contributed by atoms with Crippen LogP contribution in [-0.4, -0.2) is 4.98 Å². The molecule has 0 atom stereocenters. The van der Waals surface area contributed by atoms with Crippen molar-refractivity contribution in [1.29, 1.82) is 0 Å². The molecule has 0 fully saturated rings. The molecule has 0 amide bonds. The fraction of sp³-hybridized carbons (Fsp3) is 0.200. The van der Waals surface area contributed by atoms with E-state index in [9.17, 15) is 0 Å². The molecule has 2 heteroatoms. The second-order valence-electron chi connectivity index (χ2n) is 1.68. The third kappa shape index (κ3) is 7.09. The van der Waals surface area contributed by atoms with Crippen molar-refractivity contribution in [2.75, 3.05) is 0 Å². The predicted octanol–water partition coefficient (Wildman–Crippen LogP) is 3.79. The lowest BCUT2D eigenvalue weighted by Gasteiger charge is -1.49. The summed E-state index contributed by atoms with van der Waals surface area (Å²) in [6.07, 6.45) is 3.75. The Morgan fingerprint density at radius 3 is 1.50 bits per heavy atom. The van der Waals surface area contributed by atoms with Crippen molar-refractivity contribution in [3.63, 3.8) is 0 Å². The first kappa shape index (κ1) is 11.0. The largest absolute Gasteiger partial charge is 0.368 e. The summed E-state index contributed by atoms with van der Waals surface area (Å²) in [4.78, 5) is 2.86. The molecule has 0 bridgehead atoms. The summed E-state index contributed by atoms with van der Waals surface area (Å²) in [6, 6.07) is 7.93. The molecule has 2 heterocycles. The maximum absolute atomic E-state index is 2.86. The Labute approximate surface area is 78.1 Å². The maximum atomic E-state index is 2.86. The highest BCUT2D eigenvalue weighted by Crippen LogP contribution is 1.91. The van der Waals surface area contributed by atoms with Crippen LogP contribution in [-0.2, 0) is 0 Å². The van der Waals surface area contributed by atoms with Gasteiger partial charge >= 0.3 is 0 Å². The molecule has 0 aliphatic rings. The molecule has 0 aromatic carbocycles. The highest BCUT2D eigenvalue weighted by molar-refractivity contribution is 7.07. The zero-order valence-corrected chi connectivity index (χ0v) is 8.34. The molecule has 1 N–H and O–H groups in total. The van der Waals surface area contributed by atoms with Crippen LogP contribution in [0.3, 0.4) is 0 Å². The summed E-state index contributed by atoms with van der Waals surface area (Å²) in [6.45, 7) is 4.00. The monoisotopic (exact) mass is 181 g/mol. The Hall–Kier alpha value is -1.02. The number of nitrogens with one attached hydrogen (secondary N) is 1. The Balaban J connectivity index is 0.000000168. The molecular weight excluding hydrogens is 166 g/mol. The normalized spacial score (nSPS) is 7.17. The van der Waals surface area contributed by atoms with Crippen molar-refractivity contribution >= 4 is 11.3 Å². The lowest BCUT2D eigenvalue weighted by Crippen LogP contribution is -1.38. The zero-order chi connectivity index (χ0) is 9.07. The Morgan fingerprint density at radius 1 is 0.833 bits per heavy atom. The van der Waals surface area contributed by atoms with Crippen LogP contribution >= 0.6 is 11.3 Å². The Morgan fingerprint density at radius 2 is 1.33 bits per heavy atom. The highest BCUT2D eigenvalue weighted by atomic mass is 32.1. The topological polar surface area (TPSA) is 15.8 Å². The summed E-state index contributed by atoms with van der Waals surface area (Å²) in [5.74, 6) is 0. The first-order chi connectivity index (χ1) is 6.00. The van der Waals surface area contributed by atoms with Crippen LogP contribution in [0.15, 0.2) is 47.4 Å². The van der Waals surface area contributed by atoms with E-state index in [1.165, 1.54) is 0 Å². The summed E-state index contributed by atoms with van der Waals surface area (Å²) in [5, 5.41) is 4.08. The van der Waals surface area contributed by atoms with Crippen LogP contribution in [0.1, 0.15) is 13.8 Å². The number of hydrogen-bond acceptors (Lipinski definition) is 1. The van der Waals surface area contributed by atoms with Crippen LogP contribution in [0.4, 0.5) is 0 Å². The van der Waals surface area contributed by atoms with Gasteiger partial charge in [0.15, 0.2) is 0 Å². The van der Waals surface area contributed by atoms with Gasteiger partial charge in [0.2, 0.25) is 0 Å². The number of thiophene rings is 1. The van der Waals surface area contributed by atoms with Gasteiger partial charge in [0.1, 0.15) is 0 Å². The standard InChI is InChI=1S/C4H5N.C4H4S.C2H6/c2*1-2-4-5-3-1;1-2/h1-5H;1-4H;1-2H3. The molecular formula is C10H15NS. The van der Waals surface area contributed by atoms with Crippen molar-refractivity contribution in [3.8, 4) is 0 Å². The summed E-state index contributed by atoms with van der Waals surface area (Å²) >= 11 is 1.71. The van der Waals surface area contributed by atoms with E-state index in [-0.39, 0.29) is 0 Å². The molecule has 66 valence electrons. The fourth-order valence-corrected chi connectivity index (χ4v) is 0.958. The molecule has 0 radical (unpaired) electrons. The molecule has 2 aromatic rings. The lowest BCUT2D eigenvalue weighted by atomic mass is 10.7. The third-order valence-corrected chi connectivity index (χ3v) is 1.55. The minimum Gasteiger partial charge on any atom is -0.368 e. The molecule has 0 aliphatic carbocycles. The van der Waals surface area contributed by atoms with Crippen molar-refractivity contribution < 1.29 is 0 Å². The number of rotatable bonds is 0. The van der Waals surface area contributed by atoms with Crippen LogP contribution < -0.4 is 0 Å². The van der Waals surface area contributed by atoms with Crippen molar-refractivity contribution in [1.82, 2.24) is 4.98 Å². The Kier molecular flexibility index (Phi) is 9.13. The van der Waals surface area contributed by atoms with Gasteiger partial charge in [-0.2, -0.15) is 11.3 Å². The average molecular weight is 181 g/mol. The summed E-state index contributed by atoms with van der Waals surface area (Å²) in [5.41, 5.74) is 0. The molecule has 0 saturated heterocycles. The number of aromatic amines is 1. The van der Waals surface area contributed by atoms with Gasteiger partial charge in [-0.1, -0.05) is 26.0 Å². The van der Waals surface area contributed by atoms with Crippen LogP contribution in [0.5, 0.6) is 0 Å². The second-order valence-corrected chi connectivity index (χ2v) is 2.49. The van der Waals surface area contributed by atoms with E-state index in [0.29, 0.717) is 0 Å². The predicted molar refractivity (Wildman–Crippen MR) is 56.5 cm³/mol. The maximum Gasteiger partial charge on any atom is 0.000496 e. The summed E-state index contributed by atoms with van der Waals surface area (Å²) < 4.78 is 0. The molecule has 0 unspecified atom stereocenters. The third-order valence-electron chi connectivity index (χ3n) is 0.921. The average Bonchev–Trinajstić information content (AvgIpc) is 2.87. The first-order valence-corrected chi connectivity index (χ1v) is 4.99. The zero-order valence-electron chi connectivity index (χ0n) is 7.53. The van der Waals surface area contributed by atoms with E-state index in [4.69, 9.17) is 0 Å². The van der Waals surface area contributed by atoms with Crippen LogP contribution in [0, 0.1) is 0 Å². The minimum atomic E-state index is 1.71. The van der Waals surface area contributed by atoms with E-state index in [0.717, 1.165) is 0 Å². The van der Waals surface area contributed by atoms with Crippen molar-refractivity contribution in [2.24, 2.45) is 0 Å². The number of H-pyrrole nitrogens is 1. The van der Waals surface area contributed by atoms with Gasteiger partial charge in [0, 0.05) is 12.4 Å². The molecule has 12 heavy (non-hydrogen) atoms. The van der Waals surface area contributed by atoms with Crippen LogP contribution in [0.2, 0.25) is 0 Å². The van der Waals surface area contributed by atoms with E-state index in [1.807, 2.05) is 61.3 Å². The molecule has 2 aromatic heterocycles. The highest BCUT2D eigenvalue weighted by Gasteiger charge is 1.58. The van der Waals surface area contributed by atoms with E-state index < -0.39 is 0 Å². The molecule has 0 spiro atoms. The lowest BCUT2D eigenvalue weighted by molar-refractivity contribution is 1.42. The van der Waals surface area contributed by atoms with Gasteiger partial charge in [0.25, 0.3) is 0 Å². The molecule has 0 saturated carbocycles. The number of aromatic nitrogens is 1. The quantitative estimate of drug-likeness (QED) is 0.636. The van der Waals surface area contributed by atoms with E-state index in [2.05, 4.69) is 4.98 Å². The second kappa shape index (κ2) is 9.98. The molecule has 0 aliphatic heterocycles. The minimum absolute atomic E-state index is 1.71. The summed E-state index contributed by atoms with van der Waals surface area (Å²) in [7, 11) is 0. The fourth-order valence-electron chi connectivity index (χ4n) is 0.505. The first-order valence-electron chi connectivity index (χ1n) is 4.05. The molecule has 2 rings (SSSR count). The van der Waals surface area contributed by atoms with E-state index in [1.54, 1.807) is 11.3 Å².